The Morgan fingerprint density at radius 2 is 0.658 bits per heavy atom. The van der Waals surface area contributed by atoms with E-state index in [0.29, 0.717) is 155 Å². The molecule has 766 valence electrons. The molecule has 0 radical (unpaired) electrons. The van der Waals surface area contributed by atoms with Gasteiger partial charge in [-0.1, -0.05) is 201 Å². The summed E-state index contributed by atoms with van der Waals surface area (Å²) >= 11 is 24.4. The van der Waals surface area contributed by atoms with Crippen molar-refractivity contribution in [1.82, 2.24) is 90.9 Å². The van der Waals surface area contributed by atoms with Crippen molar-refractivity contribution in [3.63, 3.8) is 0 Å². The number of carbonyl (C=O) groups is 4. The minimum atomic E-state index is -0.279. The fourth-order valence-corrected chi connectivity index (χ4v) is 19.9. The zero-order valence-corrected chi connectivity index (χ0v) is 88.3. The fourth-order valence-electron chi connectivity index (χ4n) is 19.4. The van der Waals surface area contributed by atoms with Crippen molar-refractivity contribution in [2.24, 2.45) is 0 Å². The number of pyridine rings is 4. The summed E-state index contributed by atoms with van der Waals surface area (Å²) in [6, 6.07) is 55.1. The van der Waals surface area contributed by atoms with E-state index in [1.54, 1.807) is 31.5 Å². The van der Waals surface area contributed by atoms with Crippen molar-refractivity contribution < 1.29 is 32.7 Å². The lowest BCUT2D eigenvalue weighted by Crippen LogP contribution is -2.51. The number of aromatic amines is 4. The molecule has 28 nitrogen and oxygen atoms in total. The second-order valence-electron chi connectivity index (χ2n) is 39.5. The Balaban J connectivity index is 0.000000139. The van der Waals surface area contributed by atoms with Gasteiger partial charge in [-0.3, -0.25) is 19.2 Å². The Morgan fingerprint density at radius 1 is 0.356 bits per heavy atom. The van der Waals surface area contributed by atoms with E-state index in [-0.39, 0.29) is 71.3 Å². The van der Waals surface area contributed by atoms with Crippen LogP contribution >= 0.6 is 46.4 Å². The molecule has 9 aromatic heterocycles. The smallest absolute Gasteiger partial charge is 0.251 e. The normalized spacial score (nSPS) is 15.1. The molecular formula is C113H133Cl4FN22O6. The van der Waals surface area contributed by atoms with Gasteiger partial charge in [-0.2, -0.15) is 0 Å². The first-order valence-electron chi connectivity index (χ1n) is 50.7. The molecular weight excluding hydrogens is 1920 g/mol. The van der Waals surface area contributed by atoms with Gasteiger partial charge in [0.25, 0.3) is 5.89 Å². The van der Waals surface area contributed by atoms with Crippen LogP contribution in [0.3, 0.4) is 0 Å². The fraction of sp³-hybridized carbons (Fsp3) is 0.381. The first kappa shape index (κ1) is 106. The van der Waals surface area contributed by atoms with Crippen LogP contribution < -0.4 is 45.6 Å². The van der Waals surface area contributed by atoms with Crippen molar-refractivity contribution in [3.8, 4) is 39.5 Å². The van der Waals surface area contributed by atoms with Gasteiger partial charge in [0.15, 0.2) is 5.75 Å². The Bertz CT molecular complexity index is 6860. The molecule has 6 aromatic carbocycles. The zero-order chi connectivity index (χ0) is 103. The minimum Gasteiger partial charge on any atom is -0.487 e. The number of nitrogens with one attached hydrogen (secondary N) is 8. The predicted molar refractivity (Wildman–Crippen MR) is 588 cm³/mol. The first-order valence-corrected chi connectivity index (χ1v) is 52.2. The number of hydrogen-bond donors (Lipinski definition) is 8. The quantitative estimate of drug-likeness (QED) is 0.0207. The average molecular weight is 2060 g/mol. The third kappa shape index (κ3) is 26.0. The number of ether oxygens (including phenoxy) is 1. The highest BCUT2D eigenvalue weighted by Crippen LogP contribution is 2.44. The van der Waals surface area contributed by atoms with E-state index in [9.17, 15) is 23.6 Å². The molecule has 4 aliphatic heterocycles. The van der Waals surface area contributed by atoms with E-state index in [1.165, 1.54) is 28.9 Å². The average Bonchev–Trinajstić information content (AvgIpc) is 1.50. The highest BCUT2D eigenvalue weighted by molar-refractivity contribution is 6.31. The number of carbonyl (C=O) groups excluding carboxylic acids is 4. The van der Waals surface area contributed by atoms with Crippen molar-refractivity contribution in [1.29, 1.82) is 0 Å². The number of nitrogens with zero attached hydrogens (tertiary/aromatic N) is 14. The third-order valence-corrected chi connectivity index (χ3v) is 28.2. The van der Waals surface area contributed by atoms with Crippen LogP contribution in [0.2, 0.25) is 20.1 Å². The lowest BCUT2D eigenvalue weighted by atomic mass is 9.95. The topological polar surface area (TPSA) is 305 Å². The number of piperazine rings is 4. The number of anilines is 4. The molecule has 0 bridgehead atoms. The molecule has 8 N–H and O–H groups in total. The van der Waals surface area contributed by atoms with Crippen molar-refractivity contribution in [2.75, 3.05) is 150 Å². The van der Waals surface area contributed by atoms with Crippen LogP contribution in [0.5, 0.6) is 5.75 Å². The van der Waals surface area contributed by atoms with Gasteiger partial charge < -0.3 is 89.6 Å². The van der Waals surface area contributed by atoms with Gasteiger partial charge in [-0.05, 0) is 144 Å². The van der Waals surface area contributed by atoms with Gasteiger partial charge in [0.1, 0.15) is 28.4 Å². The Kier molecular flexibility index (Phi) is 35.5. The molecule has 15 aromatic rings. The van der Waals surface area contributed by atoms with Gasteiger partial charge >= 0.3 is 0 Å². The lowest BCUT2D eigenvalue weighted by molar-refractivity contribution is -0.133. The Hall–Kier alpha value is -13.0. The number of rotatable bonds is 30. The highest BCUT2D eigenvalue weighted by Gasteiger charge is 2.37. The monoisotopic (exact) mass is 2050 g/mol. The molecule has 4 fully saturated rings. The van der Waals surface area contributed by atoms with Crippen LogP contribution in [0.15, 0.2) is 224 Å². The number of amides is 4. The Labute approximate surface area is 873 Å². The molecule has 146 heavy (non-hydrogen) atoms. The maximum Gasteiger partial charge on any atom is 0.251 e. The SMILES string of the molecule is CC(C)NC[C@@H](C(=O)N1CCN(c2c(-c3ccc(F)cc3)cnc3[nH]ccc23)CC1)c1ccc(Cl)cc1.CC(C)NC[C@@H](C(=O)N1CCN(c2c(-c3cccc(C(C)C)c3)cnc3[nH]ccc23)CC1)c1ccc(Cl)cc1.CC(C)NC[C@@H](C(=O)N1CCN(c2c(OC(C)C)cnc3[nH]ccc23)CC1)c1ccc(Cl)cc1.Cc1nnc(-c2cnc3[nH]ccc3c2N2CCN(C(=O)[C@H](CNC(C)C)c3ccc(Cl)cc3)CC2)o1. The van der Waals surface area contributed by atoms with E-state index in [1.807, 2.05) is 186 Å². The van der Waals surface area contributed by atoms with Gasteiger partial charge in [0.05, 0.1) is 64.3 Å². The molecule has 4 amide bonds. The molecule has 33 heteroatoms. The maximum absolute atomic E-state index is 13.8. The predicted octanol–water partition coefficient (Wildman–Crippen LogP) is 20.3. The summed E-state index contributed by atoms with van der Waals surface area (Å²) in [4.78, 5) is 103. The van der Waals surface area contributed by atoms with Crippen LogP contribution in [0.25, 0.3) is 77.8 Å². The van der Waals surface area contributed by atoms with Crippen LogP contribution in [0.1, 0.15) is 146 Å². The molecule has 4 atom stereocenters. The van der Waals surface area contributed by atoms with Crippen molar-refractivity contribution in [3.05, 3.63) is 279 Å². The summed E-state index contributed by atoms with van der Waals surface area (Å²) in [6.45, 7) is 40.1. The molecule has 19 rings (SSSR count). The van der Waals surface area contributed by atoms with Gasteiger partial charge in [0.2, 0.25) is 29.5 Å². The molecule has 4 aliphatic rings. The summed E-state index contributed by atoms with van der Waals surface area (Å²) in [6.07, 6.45) is 15.1. The zero-order valence-electron chi connectivity index (χ0n) is 85.3. The molecule has 0 unspecified atom stereocenters. The standard InChI is InChI=1S/C32H38ClN5O.C29H31ClFN5O.C26H30ClN7O2.C26H34ClN5O2/c1-21(2)24-6-5-7-25(18-24)28-19-36-31-27(12-13-34-31)30(28)37-14-16-38(17-15-37)32(39)29(20-35-22(3)4)23-8-10-26(33)11-9-23;1-19(2)33-18-26(21-3-7-22(30)8-4-21)29(37)36-15-13-35(14-16-36)27-24-11-12-32-28(24)34-17-25(27)20-5-9-23(31)10-6-20;1-16(2)29-14-21(18-4-6-19(27)7-5-18)26(35)34-12-10-33(11-13-34)23-20-8-9-28-24(20)30-15-22(23)25-32-31-17(3)36-25;1-17(2)29-15-22(19-5-7-20(27)8-6-19)26(33)32-13-11-31(12-14-32)24-21-9-10-28-25(21)30-16-23(24)34-18(3)4/h5-13,18-19,21-22,29,35H,14-17,20H2,1-4H3,(H,34,36);3-12,17,19,26,33H,13-16,18H2,1-2H3,(H,32,34);4-9,15-16,21,29H,10-14H2,1-3H3,(H,28,30);5-10,16-18,22,29H,11-15H2,1-4H3,(H,28,30)/t29-;26-;21-;22-/m1111/s1. The third-order valence-electron chi connectivity index (χ3n) is 27.2. The van der Waals surface area contributed by atoms with Gasteiger partial charge in [-0.15, -0.1) is 10.2 Å². The summed E-state index contributed by atoms with van der Waals surface area (Å²) in [5.74, 6) is 1.42. The Morgan fingerprint density at radius 3 is 0.966 bits per heavy atom. The molecule has 0 saturated carbocycles. The minimum absolute atomic E-state index is 0.0494. The number of aromatic nitrogens is 10. The summed E-state index contributed by atoms with van der Waals surface area (Å²) in [5.41, 5.74) is 17.8. The van der Waals surface area contributed by atoms with E-state index in [4.69, 9.17) is 60.5 Å². The van der Waals surface area contributed by atoms with Crippen molar-refractivity contribution >= 4 is 137 Å². The summed E-state index contributed by atoms with van der Waals surface area (Å²) in [7, 11) is 0. The number of benzene rings is 6. The van der Waals surface area contributed by atoms with Crippen LogP contribution in [-0.4, -0.2) is 254 Å². The lowest BCUT2D eigenvalue weighted by Gasteiger charge is -2.39. The first-order chi connectivity index (χ1) is 70.4. The number of hydrogen-bond acceptors (Lipinski definition) is 20. The number of H-pyrrole nitrogens is 4. The van der Waals surface area contributed by atoms with E-state index in [0.717, 1.165) is 138 Å². The van der Waals surface area contributed by atoms with Crippen molar-refractivity contribution in [2.45, 2.75) is 150 Å². The van der Waals surface area contributed by atoms with Crippen LogP contribution in [0.4, 0.5) is 27.1 Å². The largest absolute Gasteiger partial charge is 0.487 e. The van der Waals surface area contributed by atoms with Gasteiger partial charge in [-0.25, -0.2) is 24.3 Å². The molecule has 13 heterocycles. The van der Waals surface area contributed by atoms with Crippen LogP contribution in [0, 0.1) is 12.7 Å². The molecule has 0 aliphatic carbocycles. The molecule has 4 saturated heterocycles. The maximum atomic E-state index is 13.8. The van der Waals surface area contributed by atoms with E-state index < -0.39 is 0 Å². The number of fused-ring (bicyclic) bond motifs is 4. The summed E-state index contributed by atoms with van der Waals surface area (Å²) < 4.78 is 25.4. The van der Waals surface area contributed by atoms with E-state index in [2.05, 4.69) is 186 Å². The second kappa shape index (κ2) is 49.0. The highest BCUT2D eigenvalue weighted by atomic mass is 35.5. The van der Waals surface area contributed by atoms with Gasteiger partial charge in [0, 0.05) is 258 Å². The second-order valence-corrected chi connectivity index (χ2v) is 41.2. The molecule has 0 spiro atoms. The number of aryl methyl sites for hydroxylation is 1. The number of halogens is 5. The van der Waals surface area contributed by atoms with E-state index >= 15 is 0 Å². The van der Waals surface area contributed by atoms with Crippen LogP contribution in [-0.2, 0) is 19.2 Å². The summed E-state index contributed by atoms with van der Waals surface area (Å²) in [5, 5.41) is 28.8.